The van der Waals surface area contributed by atoms with Gasteiger partial charge in [0.2, 0.25) is 15.9 Å². The average molecular weight is 536 g/mol. The fourth-order valence-electron chi connectivity index (χ4n) is 3.17. The van der Waals surface area contributed by atoms with Crippen LogP contribution in [0.4, 0.5) is 15.8 Å². The first kappa shape index (κ1) is 27.1. The Morgan fingerprint density at radius 2 is 1.53 bits per heavy atom. The molecule has 0 spiro atoms. The second-order valence-corrected chi connectivity index (χ2v) is 11.4. The third-order valence-electron chi connectivity index (χ3n) is 5.28. The minimum absolute atomic E-state index is 0.0510. The molecule has 0 fully saturated rings. The molecule has 9 nitrogen and oxygen atoms in total. The van der Waals surface area contributed by atoms with Gasteiger partial charge in [-0.1, -0.05) is 6.07 Å². The molecule has 0 unspecified atom stereocenters. The Balaban J connectivity index is 1.65. The van der Waals surface area contributed by atoms with Gasteiger partial charge in [-0.05, 0) is 79.6 Å². The van der Waals surface area contributed by atoms with Crippen LogP contribution in [0.25, 0.3) is 0 Å². The summed E-state index contributed by atoms with van der Waals surface area (Å²) in [6.07, 6.45) is -0.160. The standard InChI is InChI=1S/C24H26FN3O6S2/c1-16-4-8-21(14-17(16)2)35(30,31)26-13-12-24(29)27-19-7-11-23(34-3)22(15-19)28-36(32,33)20-9-5-18(25)6-10-20/h4-11,14-15,26,28H,12-13H2,1-3H3,(H,27,29). The quantitative estimate of drug-likeness (QED) is 0.364. The first-order valence-corrected chi connectivity index (χ1v) is 13.7. The van der Waals surface area contributed by atoms with Crippen LogP contribution in [0.5, 0.6) is 5.75 Å². The Morgan fingerprint density at radius 3 is 2.17 bits per heavy atom. The van der Waals surface area contributed by atoms with Crippen LogP contribution >= 0.6 is 0 Å². The zero-order valence-corrected chi connectivity index (χ0v) is 21.5. The van der Waals surface area contributed by atoms with Crippen LogP contribution in [0.1, 0.15) is 17.5 Å². The number of sulfonamides is 2. The van der Waals surface area contributed by atoms with E-state index in [0.29, 0.717) is 0 Å². The summed E-state index contributed by atoms with van der Waals surface area (Å²) in [7, 11) is -6.48. The van der Waals surface area contributed by atoms with E-state index < -0.39 is 31.8 Å². The first-order valence-electron chi connectivity index (χ1n) is 10.7. The Hall–Kier alpha value is -3.48. The van der Waals surface area contributed by atoms with E-state index in [1.54, 1.807) is 12.1 Å². The molecule has 3 N–H and O–H groups in total. The molecule has 0 aliphatic carbocycles. The lowest BCUT2D eigenvalue weighted by atomic mass is 10.1. The van der Waals surface area contributed by atoms with Gasteiger partial charge in [0.1, 0.15) is 11.6 Å². The first-order chi connectivity index (χ1) is 16.9. The molecule has 0 atom stereocenters. The number of amides is 1. The molecule has 1 amide bonds. The predicted octanol–water partition coefficient (Wildman–Crippen LogP) is 3.56. The van der Waals surface area contributed by atoms with Crippen LogP contribution in [-0.2, 0) is 24.8 Å². The van der Waals surface area contributed by atoms with E-state index in [1.807, 2.05) is 13.8 Å². The summed E-state index contributed by atoms with van der Waals surface area (Å²) in [5.74, 6) is -0.873. The molecule has 12 heteroatoms. The zero-order valence-electron chi connectivity index (χ0n) is 19.8. The molecule has 3 aromatic rings. The maximum absolute atomic E-state index is 13.2. The van der Waals surface area contributed by atoms with Crippen molar-refractivity contribution >= 4 is 37.3 Å². The average Bonchev–Trinajstić information content (AvgIpc) is 2.81. The number of carbonyl (C=O) groups excluding carboxylic acids is 1. The van der Waals surface area contributed by atoms with Crippen LogP contribution in [0.3, 0.4) is 0 Å². The molecule has 192 valence electrons. The number of hydrogen-bond donors (Lipinski definition) is 3. The number of nitrogens with one attached hydrogen (secondary N) is 3. The van der Waals surface area contributed by atoms with Crippen molar-refractivity contribution in [2.45, 2.75) is 30.1 Å². The number of hydrogen-bond acceptors (Lipinski definition) is 6. The van der Waals surface area contributed by atoms with Gasteiger partial charge < -0.3 is 10.1 Å². The SMILES string of the molecule is COc1ccc(NC(=O)CCNS(=O)(=O)c2ccc(C)c(C)c2)cc1NS(=O)(=O)c1ccc(F)cc1. The van der Waals surface area contributed by atoms with Crippen molar-refractivity contribution < 1.29 is 30.8 Å². The van der Waals surface area contributed by atoms with Crippen LogP contribution in [0.15, 0.2) is 70.5 Å². The highest BCUT2D eigenvalue weighted by Crippen LogP contribution is 2.30. The van der Waals surface area contributed by atoms with Crippen LogP contribution in [0.2, 0.25) is 0 Å². The van der Waals surface area contributed by atoms with E-state index in [0.717, 1.165) is 35.4 Å². The number of carbonyl (C=O) groups is 1. The van der Waals surface area contributed by atoms with Crippen LogP contribution in [0, 0.1) is 19.7 Å². The molecule has 0 aromatic heterocycles. The lowest BCUT2D eigenvalue weighted by Gasteiger charge is -2.14. The van der Waals surface area contributed by atoms with Crippen molar-refractivity contribution in [2.24, 2.45) is 0 Å². The van der Waals surface area contributed by atoms with Crippen LogP contribution in [-0.4, -0.2) is 36.4 Å². The third-order valence-corrected chi connectivity index (χ3v) is 8.12. The Kier molecular flexibility index (Phi) is 8.33. The number of anilines is 2. The van der Waals surface area contributed by atoms with Crippen molar-refractivity contribution in [3.63, 3.8) is 0 Å². The monoisotopic (exact) mass is 535 g/mol. The molecule has 0 saturated carbocycles. The largest absolute Gasteiger partial charge is 0.495 e. The normalized spacial score (nSPS) is 11.7. The topological polar surface area (TPSA) is 131 Å². The van der Waals surface area contributed by atoms with Gasteiger partial charge >= 0.3 is 0 Å². The van der Waals surface area contributed by atoms with E-state index in [-0.39, 0.29) is 39.9 Å². The van der Waals surface area contributed by atoms with Gasteiger partial charge in [-0.25, -0.2) is 25.9 Å². The highest BCUT2D eigenvalue weighted by molar-refractivity contribution is 7.92. The highest BCUT2D eigenvalue weighted by atomic mass is 32.2. The van der Waals surface area contributed by atoms with Crippen molar-refractivity contribution in [3.05, 3.63) is 77.6 Å². The third kappa shape index (κ3) is 6.80. The maximum atomic E-state index is 13.2. The van der Waals surface area contributed by atoms with Gasteiger partial charge in [-0.15, -0.1) is 0 Å². The minimum atomic E-state index is -4.06. The Morgan fingerprint density at radius 1 is 0.861 bits per heavy atom. The fourth-order valence-corrected chi connectivity index (χ4v) is 5.35. The summed E-state index contributed by atoms with van der Waals surface area (Å²) in [4.78, 5) is 12.3. The summed E-state index contributed by atoms with van der Waals surface area (Å²) < 4.78 is 73.4. The summed E-state index contributed by atoms with van der Waals surface area (Å²) in [5.41, 5.74) is 2.11. The predicted molar refractivity (Wildman–Crippen MR) is 135 cm³/mol. The van der Waals surface area contributed by atoms with Crippen LogP contribution < -0.4 is 19.5 Å². The molecule has 0 heterocycles. The van der Waals surface area contributed by atoms with E-state index in [9.17, 15) is 26.0 Å². The molecule has 3 rings (SSSR count). The van der Waals surface area contributed by atoms with Crippen molar-refractivity contribution in [1.29, 1.82) is 0 Å². The molecular weight excluding hydrogens is 509 g/mol. The smallest absolute Gasteiger partial charge is 0.262 e. The molecule has 0 aliphatic rings. The number of rotatable bonds is 10. The van der Waals surface area contributed by atoms with Gasteiger partial charge in [0.15, 0.2) is 0 Å². The van der Waals surface area contributed by atoms with E-state index in [4.69, 9.17) is 4.74 Å². The van der Waals surface area contributed by atoms with Gasteiger partial charge in [-0.2, -0.15) is 0 Å². The number of benzene rings is 3. The summed E-state index contributed by atoms with van der Waals surface area (Å²) in [6, 6.07) is 13.4. The molecule has 3 aromatic carbocycles. The summed E-state index contributed by atoms with van der Waals surface area (Å²) in [5, 5.41) is 2.60. The number of ether oxygens (including phenoxy) is 1. The number of aryl methyl sites for hydroxylation is 2. The Bertz CT molecular complexity index is 1470. The van der Waals surface area contributed by atoms with E-state index in [2.05, 4.69) is 14.8 Å². The lowest BCUT2D eigenvalue weighted by molar-refractivity contribution is -0.116. The maximum Gasteiger partial charge on any atom is 0.262 e. The zero-order chi connectivity index (χ0) is 26.5. The molecule has 0 aliphatic heterocycles. The fraction of sp³-hybridized carbons (Fsp3) is 0.208. The molecule has 0 radical (unpaired) electrons. The van der Waals surface area contributed by atoms with Crippen molar-refractivity contribution in [2.75, 3.05) is 23.7 Å². The summed E-state index contributed by atoms with van der Waals surface area (Å²) in [6.45, 7) is 3.55. The van der Waals surface area contributed by atoms with E-state index in [1.165, 1.54) is 31.4 Å². The van der Waals surface area contributed by atoms with Gasteiger partial charge in [-0.3, -0.25) is 9.52 Å². The lowest BCUT2D eigenvalue weighted by Crippen LogP contribution is -2.28. The molecule has 36 heavy (non-hydrogen) atoms. The minimum Gasteiger partial charge on any atom is -0.495 e. The van der Waals surface area contributed by atoms with Gasteiger partial charge in [0, 0.05) is 18.7 Å². The second-order valence-electron chi connectivity index (χ2n) is 7.92. The molecule has 0 saturated heterocycles. The van der Waals surface area contributed by atoms with Gasteiger partial charge in [0.05, 0.1) is 22.6 Å². The molecular formula is C24H26FN3O6S2. The second kappa shape index (κ2) is 11.1. The summed E-state index contributed by atoms with van der Waals surface area (Å²) >= 11 is 0. The highest BCUT2D eigenvalue weighted by Gasteiger charge is 2.18. The van der Waals surface area contributed by atoms with E-state index >= 15 is 0 Å². The van der Waals surface area contributed by atoms with Gasteiger partial charge in [0.25, 0.3) is 10.0 Å². The van der Waals surface area contributed by atoms with Crippen molar-refractivity contribution in [3.8, 4) is 5.75 Å². The molecule has 0 bridgehead atoms. The van der Waals surface area contributed by atoms with Crippen molar-refractivity contribution in [1.82, 2.24) is 4.72 Å². The number of halogens is 1. The Labute approximate surface area is 209 Å². The number of methoxy groups -OCH3 is 1.